The molecule has 0 radical (unpaired) electrons. The van der Waals surface area contributed by atoms with Gasteiger partial charge in [0.05, 0.1) is 55.0 Å². The van der Waals surface area contributed by atoms with Crippen LogP contribution in [0.4, 0.5) is 5.69 Å². The molecule has 13 aromatic rings. The van der Waals surface area contributed by atoms with Gasteiger partial charge < -0.3 is 9.13 Å². The van der Waals surface area contributed by atoms with Crippen LogP contribution in [0.1, 0.15) is 5.56 Å². The Balaban J connectivity index is 1.35. The summed E-state index contributed by atoms with van der Waals surface area (Å²) in [5.74, 6) is 0. The Morgan fingerprint density at radius 1 is 0.468 bits per heavy atom. The average molecular weight is 825 g/mol. The summed E-state index contributed by atoms with van der Waals surface area (Å²) in [6.07, 6.45) is 7.08. The maximum Gasteiger partial charge on any atom is 0.220 e. The number of hydrogen-bond acceptors (Lipinski definition) is 5. The minimum Gasteiger partial charge on any atom is -0.317 e. The summed E-state index contributed by atoms with van der Waals surface area (Å²) >= 11 is 3.55. The third-order valence-electron chi connectivity index (χ3n) is 12.4. The molecule has 0 saturated heterocycles. The molecule has 0 unspecified atom stereocenters. The molecule has 6 aromatic heterocycles. The fraction of sp³-hybridized carbons (Fsp3) is 0. The molecule has 0 N–H and O–H groups in total. The zero-order valence-corrected chi connectivity index (χ0v) is 34.3. The second-order valence-electron chi connectivity index (χ2n) is 15.4. The van der Waals surface area contributed by atoms with Gasteiger partial charge in [0, 0.05) is 88.4 Å². The van der Waals surface area contributed by atoms with E-state index in [1.54, 1.807) is 47.5 Å². The summed E-state index contributed by atoms with van der Waals surface area (Å²) in [4.78, 5) is 13.4. The number of para-hydroxylation sites is 2. The fourth-order valence-electron chi connectivity index (χ4n) is 9.89. The van der Waals surface area contributed by atoms with Crippen LogP contribution in [0.25, 0.3) is 122 Å². The summed E-state index contributed by atoms with van der Waals surface area (Å²) in [7, 11) is 0. The highest BCUT2D eigenvalue weighted by atomic mass is 32.1. The van der Waals surface area contributed by atoms with Crippen LogP contribution in [0.15, 0.2) is 170 Å². The number of aromatic nitrogens is 4. The van der Waals surface area contributed by atoms with E-state index in [9.17, 15) is 11.8 Å². The Labute approximate surface area is 361 Å². The third-order valence-corrected chi connectivity index (χ3v) is 14.8. The van der Waals surface area contributed by atoms with Crippen LogP contribution in [0, 0.1) is 17.9 Å². The van der Waals surface area contributed by atoms with Crippen LogP contribution in [0.5, 0.6) is 0 Å². The molecular weight excluding hydrogens is 797 g/mol. The van der Waals surface area contributed by atoms with Gasteiger partial charge in [-0.1, -0.05) is 97.1 Å². The van der Waals surface area contributed by atoms with Crippen LogP contribution in [0.2, 0.25) is 0 Å². The fourth-order valence-corrected chi connectivity index (χ4v) is 12.4. The number of nitriles is 1. The second-order valence-corrected chi connectivity index (χ2v) is 17.5. The molecule has 0 bridgehead atoms. The highest BCUT2D eigenvalue weighted by Crippen LogP contribution is 2.54. The van der Waals surface area contributed by atoms with Crippen molar-refractivity contribution < 1.29 is 0 Å². The molecule has 6 heterocycles. The molecule has 0 amide bonds. The summed E-state index contributed by atoms with van der Waals surface area (Å²) in [5.41, 5.74) is 9.12. The molecular formula is C54H28N6S2. The molecule has 7 aromatic carbocycles. The van der Waals surface area contributed by atoms with Crippen molar-refractivity contribution in [3.8, 4) is 39.7 Å². The first-order chi connectivity index (χ1) is 30.7. The van der Waals surface area contributed by atoms with Gasteiger partial charge in [-0.3, -0.25) is 9.97 Å². The lowest BCUT2D eigenvalue weighted by atomic mass is 9.89. The van der Waals surface area contributed by atoms with Crippen LogP contribution < -0.4 is 0 Å². The summed E-state index contributed by atoms with van der Waals surface area (Å²) in [6, 6.07) is 53.6. The summed E-state index contributed by atoms with van der Waals surface area (Å²) in [5, 5.41) is 20.9. The van der Waals surface area contributed by atoms with E-state index in [2.05, 4.69) is 151 Å². The number of fused-ring (bicyclic) bond motifs is 14. The van der Waals surface area contributed by atoms with Crippen molar-refractivity contribution in [1.29, 1.82) is 5.26 Å². The van der Waals surface area contributed by atoms with E-state index < -0.39 is 0 Å². The van der Waals surface area contributed by atoms with E-state index in [0.717, 1.165) is 80.5 Å². The summed E-state index contributed by atoms with van der Waals surface area (Å²) in [6.45, 7) is 9.22. The van der Waals surface area contributed by atoms with Crippen molar-refractivity contribution >= 4 is 112 Å². The molecule has 8 heteroatoms. The molecule has 0 aliphatic carbocycles. The SMILES string of the molecule is [C-]#[N+]c1c(-c2ccncc2)c(C#N)c(-n2c3ccccc3c3ccc4c5ccccc5sc4c32)c(-c2ccncc2)c1-n1c2ccccc2c2ccc3c4ccccc4sc3c21. The average Bonchev–Trinajstić information content (AvgIpc) is 4.09. The second kappa shape index (κ2) is 13.2. The molecule has 0 aliphatic rings. The van der Waals surface area contributed by atoms with Gasteiger partial charge in [-0.25, -0.2) is 4.85 Å². The predicted octanol–water partition coefficient (Wildman–Crippen LogP) is 15.2. The van der Waals surface area contributed by atoms with Crippen LogP contribution >= 0.6 is 22.7 Å². The van der Waals surface area contributed by atoms with Crippen LogP contribution in [-0.4, -0.2) is 19.1 Å². The van der Waals surface area contributed by atoms with Gasteiger partial charge in [0.1, 0.15) is 6.07 Å². The standard InChI is InChI=1S/C54H28N6S2/c1-56-48-46(31-22-26-57-27-23-31)41(30-55)49(59-42-14-6-2-10-33(42)37-18-20-39-35-12-4-8-16-44(35)61-53(39)50(37)59)47(32-24-28-58-29-25-32)52(48)60-43-15-7-3-11-34(43)38-19-21-40-36-13-5-9-17-45(36)62-54(40)51(38)60/h2-29H. The molecule has 6 nitrogen and oxygen atoms in total. The number of nitrogens with zero attached hydrogens (tertiary/aromatic N) is 6. The Kier molecular flexibility index (Phi) is 7.38. The smallest absolute Gasteiger partial charge is 0.220 e. The topological polar surface area (TPSA) is 63.8 Å². The molecule has 0 aliphatic heterocycles. The van der Waals surface area contributed by atoms with Gasteiger partial charge in [-0.05, 0) is 59.7 Å². The van der Waals surface area contributed by atoms with Crippen molar-refractivity contribution in [2.24, 2.45) is 0 Å². The summed E-state index contributed by atoms with van der Waals surface area (Å²) < 4.78 is 9.31. The maximum atomic E-state index is 11.8. The van der Waals surface area contributed by atoms with E-state index >= 15 is 0 Å². The largest absolute Gasteiger partial charge is 0.317 e. The van der Waals surface area contributed by atoms with E-state index in [0.29, 0.717) is 28.2 Å². The van der Waals surface area contributed by atoms with Crippen molar-refractivity contribution in [1.82, 2.24) is 19.1 Å². The first-order valence-electron chi connectivity index (χ1n) is 20.2. The van der Waals surface area contributed by atoms with E-state index in [4.69, 9.17) is 0 Å². The minimum absolute atomic E-state index is 0.386. The number of hydrogen-bond donors (Lipinski definition) is 0. The van der Waals surface area contributed by atoms with Gasteiger partial charge in [0.15, 0.2) is 0 Å². The molecule has 286 valence electrons. The highest BCUT2D eigenvalue weighted by molar-refractivity contribution is 7.27. The molecule has 0 spiro atoms. The third kappa shape index (κ3) is 4.65. The molecule has 0 saturated carbocycles. The number of rotatable bonds is 4. The molecule has 62 heavy (non-hydrogen) atoms. The van der Waals surface area contributed by atoms with E-state index in [1.165, 1.54) is 20.2 Å². The van der Waals surface area contributed by atoms with Crippen molar-refractivity contribution in [3.05, 3.63) is 187 Å². The van der Waals surface area contributed by atoms with Gasteiger partial charge in [0.25, 0.3) is 0 Å². The lowest BCUT2D eigenvalue weighted by Gasteiger charge is -2.25. The normalized spacial score (nSPS) is 11.8. The van der Waals surface area contributed by atoms with Crippen molar-refractivity contribution in [3.63, 3.8) is 0 Å². The molecule has 0 fully saturated rings. The molecule has 0 atom stereocenters. The zero-order valence-electron chi connectivity index (χ0n) is 32.7. The first-order valence-corrected chi connectivity index (χ1v) is 21.9. The Bertz CT molecular complexity index is 3890. The highest BCUT2D eigenvalue weighted by Gasteiger charge is 2.32. The Morgan fingerprint density at radius 2 is 0.903 bits per heavy atom. The quantitative estimate of drug-likeness (QED) is 0.166. The monoisotopic (exact) mass is 824 g/mol. The van der Waals surface area contributed by atoms with Gasteiger partial charge in [-0.2, -0.15) is 5.26 Å². The number of pyridine rings is 2. The van der Waals surface area contributed by atoms with E-state index in [-0.39, 0.29) is 0 Å². The maximum absolute atomic E-state index is 11.8. The van der Waals surface area contributed by atoms with Gasteiger partial charge in [0.2, 0.25) is 5.69 Å². The van der Waals surface area contributed by atoms with E-state index in [1.807, 2.05) is 24.3 Å². The minimum atomic E-state index is 0.386. The van der Waals surface area contributed by atoms with Crippen molar-refractivity contribution in [2.45, 2.75) is 0 Å². The lowest BCUT2D eigenvalue weighted by molar-refractivity contribution is 1.14. The Hall–Kier alpha value is -8.14. The molecule has 13 rings (SSSR count). The van der Waals surface area contributed by atoms with Gasteiger partial charge >= 0.3 is 0 Å². The van der Waals surface area contributed by atoms with Crippen LogP contribution in [-0.2, 0) is 0 Å². The lowest BCUT2D eigenvalue weighted by Crippen LogP contribution is -2.09. The number of benzene rings is 7. The Morgan fingerprint density at radius 3 is 1.40 bits per heavy atom. The van der Waals surface area contributed by atoms with Crippen LogP contribution in [0.3, 0.4) is 0 Å². The van der Waals surface area contributed by atoms with Gasteiger partial charge in [-0.15, -0.1) is 22.7 Å². The van der Waals surface area contributed by atoms with Crippen molar-refractivity contribution in [2.75, 3.05) is 0 Å². The zero-order chi connectivity index (χ0) is 41.1. The predicted molar refractivity (Wildman–Crippen MR) is 258 cm³/mol. The number of thiophene rings is 2. The first kappa shape index (κ1) is 34.7.